The minimum Gasteiger partial charge on any atom is -0.493 e. The number of carbonyl (C=O) groups is 2. The molecule has 0 aliphatic heterocycles. The highest BCUT2D eigenvalue weighted by molar-refractivity contribution is 6.04. The number of alkyl carbamates (subject to hydrolysis) is 1. The van der Waals surface area contributed by atoms with Crippen LogP contribution in [0.2, 0.25) is 0 Å². The standard InChI is InChI=1S/C35H36F3N3O5/c1-4-44-34(43)39-22-29(40-23(2)20-32(42)26-12-14-28(15-13-26)35(36,37)38)21-25-10-16-30(17-11-25)45-19-18-31-24(3)46-33(41-31)27-8-6-5-7-9-27/h5-17,20,29,40H,4,18-19,21-22H2,1-3H3,(H,39,43)/t29-/m0/s1. The second-order valence-electron chi connectivity index (χ2n) is 10.5. The smallest absolute Gasteiger partial charge is 0.416 e. The van der Waals surface area contributed by atoms with Gasteiger partial charge in [0.05, 0.1) is 24.5 Å². The van der Waals surface area contributed by atoms with Crippen LogP contribution in [0.15, 0.2) is 95.1 Å². The number of amides is 1. The first kappa shape index (κ1) is 33.8. The fourth-order valence-corrected chi connectivity index (χ4v) is 4.67. The Balaban J connectivity index is 1.35. The van der Waals surface area contributed by atoms with Gasteiger partial charge < -0.3 is 24.5 Å². The van der Waals surface area contributed by atoms with E-state index in [0.717, 1.165) is 46.8 Å². The number of rotatable bonds is 14. The maximum Gasteiger partial charge on any atom is 0.416 e. The molecule has 0 unspecified atom stereocenters. The first-order valence-corrected chi connectivity index (χ1v) is 14.8. The van der Waals surface area contributed by atoms with Gasteiger partial charge in [0.1, 0.15) is 11.5 Å². The Labute approximate surface area is 265 Å². The van der Waals surface area contributed by atoms with E-state index in [0.29, 0.717) is 36.8 Å². The molecular formula is C35H36F3N3O5. The highest BCUT2D eigenvalue weighted by atomic mass is 19.4. The molecule has 1 amide bonds. The van der Waals surface area contributed by atoms with Crippen molar-refractivity contribution in [2.24, 2.45) is 0 Å². The normalized spacial score (nSPS) is 12.3. The number of ether oxygens (including phenoxy) is 2. The minimum absolute atomic E-state index is 0.126. The van der Waals surface area contributed by atoms with Crippen LogP contribution in [0.5, 0.6) is 5.75 Å². The van der Waals surface area contributed by atoms with Crippen LogP contribution < -0.4 is 15.4 Å². The van der Waals surface area contributed by atoms with Crippen LogP contribution in [0, 0.1) is 6.92 Å². The number of alkyl halides is 3. The summed E-state index contributed by atoms with van der Waals surface area (Å²) in [6.45, 7) is 6.08. The Bertz CT molecular complexity index is 1620. The maximum absolute atomic E-state index is 12.9. The van der Waals surface area contributed by atoms with E-state index in [9.17, 15) is 22.8 Å². The lowest BCUT2D eigenvalue weighted by Gasteiger charge is -2.21. The van der Waals surface area contributed by atoms with Crippen molar-refractivity contribution < 1.29 is 36.7 Å². The predicted octanol–water partition coefficient (Wildman–Crippen LogP) is 7.32. The molecule has 0 aliphatic carbocycles. The molecule has 0 aliphatic rings. The fourth-order valence-electron chi connectivity index (χ4n) is 4.67. The molecule has 242 valence electrons. The molecule has 0 saturated carbocycles. The number of oxazole rings is 1. The average molecular weight is 636 g/mol. The van der Waals surface area contributed by atoms with Crippen LogP contribution in [0.4, 0.5) is 18.0 Å². The van der Waals surface area contributed by atoms with E-state index in [4.69, 9.17) is 13.9 Å². The van der Waals surface area contributed by atoms with E-state index in [1.807, 2.05) is 61.5 Å². The summed E-state index contributed by atoms with van der Waals surface area (Å²) in [6.07, 6.45) is -2.68. The highest BCUT2D eigenvalue weighted by Crippen LogP contribution is 2.29. The molecule has 0 radical (unpaired) electrons. The Morgan fingerprint density at radius 2 is 1.70 bits per heavy atom. The van der Waals surface area contributed by atoms with Gasteiger partial charge in [-0.25, -0.2) is 9.78 Å². The molecule has 0 spiro atoms. The molecule has 1 heterocycles. The van der Waals surface area contributed by atoms with Crippen molar-refractivity contribution in [3.05, 3.63) is 119 Å². The number of halogens is 3. The van der Waals surface area contributed by atoms with E-state index >= 15 is 0 Å². The van der Waals surface area contributed by atoms with E-state index in [-0.39, 0.29) is 24.8 Å². The molecule has 4 rings (SSSR count). The van der Waals surface area contributed by atoms with Crippen LogP contribution >= 0.6 is 0 Å². The summed E-state index contributed by atoms with van der Waals surface area (Å²) in [6, 6.07) is 20.9. The lowest BCUT2D eigenvalue weighted by atomic mass is 10.0. The number of hydrogen-bond donors (Lipinski definition) is 2. The molecule has 2 N–H and O–H groups in total. The molecular weight excluding hydrogens is 599 g/mol. The van der Waals surface area contributed by atoms with Gasteiger partial charge in [-0.2, -0.15) is 13.2 Å². The second-order valence-corrected chi connectivity index (χ2v) is 10.5. The van der Waals surface area contributed by atoms with Gasteiger partial charge in [-0.3, -0.25) is 4.79 Å². The van der Waals surface area contributed by atoms with Crippen LogP contribution in [0.25, 0.3) is 11.5 Å². The second kappa shape index (κ2) is 15.8. The highest BCUT2D eigenvalue weighted by Gasteiger charge is 2.30. The molecule has 1 aromatic heterocycles. The molecule has 8 nitrogen and oxygen atoms in total. The zero-order valence-corrected chi connectivity index (χ0v) is 25.8. The third-order valence-corrected chi connectivity index (χ3v) is 6.97. The molecule has 4 aromatic rings. The first-order chi connectivity index (χ1) is 22.0. The van der Waals surface area contributed by atoms with E-state index in [1.165, 1.54) is 6.08 Å². The van der Waals surface area contributed by atoms with Crippen molar-refractivity contribution in [1.82, 2.24) is 15.6 Å². The van der Waals surface area contributed by atoms with Crippen molar-refractivity contribution in [3.63, 3.8) is 0 Å². The quantitative estimate of drug-likeness (QED) is 0.111. The summed E-state index contributed by atoms with van der Waals surface area (Å²) in [5.41, 5.74) is 2.47. The third kappa shape index (κ3) is 9.98. The Hall–Kier alpha value is -5.06. The number of hydrogen-bond acceptors (Lipinski definition) is 7. The average Bonchev–Trinajstić information content (AvgIpc) is 3.41. The molecule has 0 bridgehead atoms. The number of carbonyl (C=O) groups excluding carboxylic acids is 2. The molecule has 0 fully saturated rings. The lowest BCUT2D eigenvalue weighted by Crippen LogP contribution is -2.41. The van der Waals surface area contributed by atoms with E-state index in [1.54, 1.807) is 13.8 Å². The molecule has 46 heavy (non-hydrogen) atoms. The zero-order chi connectivity index (χ0) is 33.1. The SMILES string of the molecule is CCOC(=O)NC[C@H](Cc1ccc(OCCc2nc(-c3ccccc3)oc2C)cc1)NC(C)=CC(=O)c1ccc(C(F)(F)F)cc1. The maximum atomic E-state index is 12.9. The van der Waals surface area contributed by atoms with Crippen LogP contribution in [0.3, 0.4) is 0 Å². The van der Waals surface area contributed by atoms with Gasteiger partial charge in [0.15, 0.2) is 5.78 Å². The van der Waals surface area contributed by atoms with Gasteiger partial charge in [0, 0.05) is 41.9 Å². The summed E-state index contributed by atoms with van der Waals surface area (Å²) in [4.78, 5) is 29.3. The Morgan fingerprint density at radius 3 is 2.35 bits per heavy atom. The predicted molar refractivity (Wildman–Crippen MR) is 168 cm³/mol. The Morgan fingerprint density at radius 1 is 1.00 bits per heavy atom. The summed E-state index contributed by atoms with van der Waals surface area (Å²) >= 11 is 0. The largest absolute Gasteiger partial charge is 0.493 e. The van der Waals surface area contributed by atoms with Crippen LogP contribution in [-0.2, 0) is 23.8 Å². The molecule has 1 atom stereocenters. The third-order valence-electron chi connectivity index (χ3n) is 6.97. The number of nitrogens with zero attached hydrogens (tertiary/aromatic N) is 1. The zero-order valence-electron chi connectivity index (χ0n) is 25.8. The minimum atomic E-state index is -4.48. The molecule has 0 saturated heterocycles. The van der Waals surface area contributed by atoms with Crippen molar-refractivity contribution in [1.29, 1.82) is 0 Å². The summed E-state index contributed by atoms with van der Waals surface area (Å²) in [5.74, 6) is 1.56. The molecule has 3 aromatic carbocycles. The van der Waals surface area contributed by atoms with Crippen molar-refractivity contribution >= 4 is 11.9 Å². The summed E-state index contributed by atoms with van der Waals surface area (Å²) in [5, 5.41) is 5.93. The fraction of sp³-hybridized carbons (Fsp3) is 0.286. The summed E-state index contributed by atoms with van der Waals surface area (Å²) in [7, 11) is 0. The van der Waals surface area contributed by atoms with Gasteiger partial charge in [0.25, 0.3) is 0 Å². The number of ketones is 1. The number of nitrogens with one attached hydrogen (secondary N) is 2. The van der Waals surface area contributed by atoms with Crippen molar-refractivity contribution in [2.45, 2.75) is 45.8 Å². The van der Waals surface area contributed by atoms with Gasteiger partial charge >= 0.3 is 12.3 Å². The monoisotopic (exact) mass is 635 g/mol. The van der Waals surface area contributed by atoms with Crippen molar-refractivity contribution in [2.75, 3.05) is 19.8 Å². The van der Waals surface area contributed by atoms with E-state index < -0.39 is 23.6 Å². The Kier molecular flexibility index (Phi) is 11.6. The van der Waals surface area contributed by atoms with Gasteiger partial charge in [0.2, 0.25) is 5.89 Å². The van der Waals surface area contributed by atoms with Crippen LogP contribution in [-0.4, -0.2) is 42.7 Å². The number of benzene rings is 3. The van der Waals surface area contributed by atoms with Gasteiger partial charge in [-0.1, -0.05) is 42.5 Å². The van der Waals surface area contributed by atoms with Gasteiger partial charge in [-0.15, -0.1) is 0 Å². The first-order valence-electron chi connectivity index (χ1n) is 14.8. The lowest BCUT2D eigenvalue weighted by molar-refractivity contribution is -0.137. The van der Waals surface area contributed by atoms with Gasteiger partial charge in [-0.05, 0) is 69.2 Å². The molecule has 11 heteroatoms. The summed E-state index contributed by atoms with van der Waals surface area (Å²) < 4.78 is 55.4. The van der Waals surface area contributed by atoms with Crippen LogP contribution in [0.1, 0.15) is 46.8 Å². The van der Waals surface area contributed by atoms with Crippen molar-refractivity contribution in [3.8, 4) is 17.2 Å². The van der Waals surface area contributed by atoms with E-state index in [2.05, 4.69) is 15.6 Å². The number of aryl methyl sites for hydroxylation is 1. The number of allylic oxidation sites excluding steroid dienone is 2. The number of aromatic nitrogens is 1. The topological polar surface area (TPSA) is 103 Å².